The van der Waals surface area contributed by atoms with E-state index in [0.717, 1.165) is 12.1 Å². The molecule has 1 saturated heterocycles. The van der Waals surface area contributed by atoms with Crippen molar-refractivity contribution in [1.29, 1.82) is 0 Å². The molecule has 1 fully saturated rings. The quantitative estimate of drug-likeness (QED) is 0.713. The van der Waals surface area contributed by atoms with E-state index in [1.165, 1.54) is 16.3 Å². The van der Waals surface area contributed by atoms with Crippen LogP contribution in [-0.4, -0.2) is 22.7 Å². The summed E-state index contributed by atoms with van der Waals surface area (Å²) in [7, 11) is 0. The number of amides is 3. The standard InChI is InChI=1S/C22H24N4O3S/c1-3-13(2)18-12-30-22(23-18)24-19(27)14-7-6-8-15(11-14)26-21(29)17-10-5-4-9-16(17)20(28)25-26/h4-8,11-13,16-17H,3,9-10H2,1-2H3,(H,25,28)(H,23,24,27). The van der Waals surface area contributed by atoms with Crippen molar-refractivity contribution in [1.82, 2.24) is 10.4 Å². The van der Waals surface area contributed by atoms with E-state index < -0.39 is 0 Å². The van der Waals surface area contributed by atoms with Gasteiger partial charge in [0.2, 0.25) is 11.8 Å². The van der Waals surface area contributed by atoms with Gasteiger partial charge in [0.25, 0.3) is 5.91 Å². The van der Waals surface area contributed by atoms with Gasteiger partial charge in [-0.25, -0.2) is 9.99 Å². The van der Waals surface area contributed by atoms with E-state index in [0.29, 0.717) is 35.1 Å². The molecule has 156 valence electrons. The fraction of sp³-hybridized carbons (Fsp3) is 0.364. The molecule has 1 aliphatic heterocycles. The fourth-order valence-electron chi connectivity index (χ4n) is 3.72. The zero-order chi connectivity index (χ0) is 21.3. The monoisotopic (exact) mass is 424 g/mol. The lowest BCUT2D eigenvalue weighted by Crippen LogP contribution is -2.59. The summed E-state index contributed by atoms with van der Waals surface area (Å²) < 4.78 is 0. The number of nitrogens with zero attached hydrogens (tertiary/aromatic N) is 2. The molecule has 0 radical (unpaired) electrons. The maximum absolute atomic E-state index is 12.9. The average molecular weight is 425 g/mol. The zero-order valence-corrected chi connectivity index (χ0v) is 17.7. The lowest BCUT2D eigenvalue weighted by atomic mass is 9.80. The van der Waals surface area contributed by atoms with Gasteiger partial charge in [-0.05, 0) is 43.4 Å². The van der Waals surface area contributed by atoms with E-state index in [2.05, 4.69) is 29.6 Å². The molecule has 30 heavy (non-hydrogen) atoms. The molecule has 1 aromatic heterocycles. The van der Waals surface area contributed by atoms with Crippen molar-refractivity contribution in [2.24, 2.45) is 11.8 Å². The van der Waals surface area contributed by atoms with E-state index >= 15 is 0 Å². The Labute approximate surface area is 179 Å². The third-order valence-corrected chi connectivity index (χ3v) is 6.53. The Morgan fingerprint density at radius 1 is 1.30 bits per heavy atom. The smallest absolute Gasteiger partial charge is 0.257 e. The number of nitrogens with one attached hydrogen (secondary N) is 2. The van der Waals surface area contributed by atoms with Gasteiger partial charge < -0.3 is 0 Å². The minimum atomic E-state index is -0.365. The Morgan fingerprint density at radius 2 is 2.07 bits per heavy atom. The van der Waals surface area contributed by atoms with Crippen LogP contribution in [0.5, 0.6) is 0 Å². The number of allylic oxidation sites excluding steroid dienone is 2. The fourth-order valence-corrected chi connectivity index (χ4v) is 4.54. The van der Waals surface area contributed by atoms with Crippen molar-refractivity contribution >= 4 is 39.9 Å². The van der Waals surface area contributed by atoms with Crippen molar-refractivity contribution in [2.75, 3.05) is 10.3 Å². The normalized spacial score (nSPS) is 21.7. The minimum Gasteiger partial charge on any atom is -0.298 e. The van der Waals surface area contributed by atoms with Gasteiger partial charge in [0, 0.05) is 10.9 Å². The summed E-state index contributed by atoms with van der Waals surface area (Å²) in [6, 6.07) is 6.68. The molecule has 8 heteroatoms. The van der Waals surface area contributed by atoms with E-state index in [-0.39, 0.29) is 29.6 Å². The topological polar surface area (TPSA) is 91.4 Å². The van der Waals surface area contributed by atoms with Gasteiger partial charge >= 0.3 is 0 Å². The van der Waals surface area contributed by atoms with Crippen LogP contribution in [0.1, 0.15) is 55.1 Å². The van der Waals surface area contributed by atoms with Crippen LogP contribution in [0.4, 0.5) is 10.8 Å². The third-order valence-electron chi connectivity index (χ3n) is 5.75. The maximum Gasteiger partial charge on any atom is 0.257 e. The number of anilines is 2. The van der Waals surface area contributed by atoms with Gasteiger partial charge in [-0.15, -0.1) is 11.3 Å². The SMILES string of the molecule is CCC(C)c1csc(NC(=O)c2cccc(N3NC(=O)C4CC=CCC4C3=O)c2)n1. The molecule has 1 aromatic carbocycles. The van der Waals surface area contributed by atoms with Crippen LogP contribution < -0.4 is 15.8 Å². The van der Waals surface area contributed by atoms with Crippen molar-refractivity contribution in [3.63, 3.8) is 0 Å². The summed E-state index contributed by atoms with van der Waals surface area (Å²) in [5, 5.41) is 6.59. The summed E-state index contributed by atoms with van der Waals surface area (Å²) in [5.41, 5.74) is 4.51. The molecule has 0 saturated carbocycles. The summed E-state index contributed by atoms with van der Waals surface area (Å²) in [5.74, 6) is -0.984. The van der Waals surface area contributed by atoms with E-state index in [1.807, 2.05) is 17.5 Å². The van der Waals surface area contributed by atoms with Crippen molar-refractivity contribution in [3.05, 3.63) is 53.1 Å². The zero-order valence-electron chi connectivity index (χ0n) is 16.9. The van der Waals surface area contributed by atoms with Crippen LogP contribution >= 0.6 is 11.3 Å². The molecule has 0 spiro atoms. The molecular formula is C22H24N4O3S. The molecule has 2 heterocycles. The van der Waals surface area contributed by atoms with Gasteiger partial charge in [-0.2, -0.15) is 0 Å². The molecule has 2 aromatic rings. The van der Waals surface area contributed by atoms with Crippen LogP contribution in [0.25, 0.3) is 0 Å². The second-order valence-electron chi connectivity index (χ2n) is 7.70. The molecule has 3 atom stereocenters. The average Bonchev–Trinajstić information content (AvgIpc) is 3.24. The Bertz CT molecular complexity index is 1020. The number of carbonyl (C=O) groups excluding carboxylic acids is 3. The second-order valence-corrected chi connectivity index (χ2v) is 8.55. The highest BCUT2D eigenvalue weighted by molar-refractivity contribution is 7.14. The lowest BCUT2D eigenvalue weighted by molar-refractivity contribution is -0.139. The first-order valence-corrected chi connectivity index (χ1v) is 11.0. The van der Waals surface area contributed by atoms with Gasteiger partial charge in [0.1, 0.15) is 0 Å². The highest BCUT2D eigenvalue weighted by Crippen LogP contribution is 2.32. The number of hydrogen-bond acceptors (Lipinski definition) is 5. The first-order chi connectivity index (χ1) is 14.5. The van der Waals surface area contributed by atoms with Crippen LogP contribution in [0.3, 0.4) is 0 Å². The molecule has 4 rings (SSSR count). The number of hydrogen-bond donors (Lipinski definition) is 2. The van der Waals surface area contributed by atoms with Crippen LogP contribution in [0.2, 0.25) is 0 Å². The molecule has 2 N–H and O–H groups in total. The van der Waals surface area contributed by atoms with E-state index in [4.69, 9.17) is 0 Å². The first-order valence-electron chi connectivity index (χ1n) is 10.1. The number of carbonyl (C=O) groups is 3. The van der Waals surface area contributed by atoms with Gasteiger partial charge in [0.05, 0.1) is 23.2 Å². The predicted molar refractivity (Wildman–Crippen MR) is 116 cm³/mol. The predicted octanol–water partition coefficient (Wildman–Crippen LogP) is 3.87. The number of aromatic nitrogens is 1. The van der Waals surface area contributed by atoms with Crippen LogP contribution in [0.15, 0.2) is 41.8 Å². The van der Waals surface area contributed by atoms with Crippen LogP contribution in [-0.2, 0) is 9.59 Å². The van der Waals surface area contributed by atoms with Gasteiger partial charge in [-0.3, -0.25) is 25.1 Å². The third kappa shape index (κ3) is 3.87. The Balaban J connectivity index is 1.51. The summed E-state index contributed by atoms with van der Waals surface area (Å²) in [4.78, 5) is 42.6. The molecule has 1 aliphatic carbocycles. The van der Waals surface area contributed by atoms with Crippen LogP contribution in [0, 0.1) is 11.8 Å². The largest absolute Gasteiger partial charge is 0.298 e. The van der Waals surface area contributed by atoms with E-state index in [9.17, 15) is 14.4 Å². The van der Waals surface area contributed by atoms with Crippen molar-refractivity contribution in [2.45, 2.75) is 39.0 Å². The van der Waals surface area contributed by atoms with Gasteiger partial charge in [-0.1, -0.05) is 32.1 Å². The number of fused-ring (bicyclic) bond motifs is 1. The molecule has 2 aliphatic rings. The maximum atomic E-state index is 12.9. The summed E-state index contributed by atoms with van der Waals surface area (Å²) in [6.45, 7) is 4.20. The molecule has 3 amide bonds. The Kier molecular flexibility index (Phi) is 5.67. The highest BCUT2D eigenvalue weighted by atomic mass is 32.1. The number of benzene rings is 1. The summed E-state index contributed by atoms with van der Waals surface area (Å²) >= 11 is 1.39. The number of rotatable bonds is 5. The molecule has 3 unspecified atom stereocenters. The van der Waals surface area contributed by atoms with Crippen molar-refractivity contribution in [3.8, 4) is 0 Å². The van der Waals surface area contributed by atoms with E-state index in [1.54, 1.807) is 24.3 Å². The van der Waals surface area contributed by atoms with Crippen molar-refractivity contribution < 1.29 is 14.4 Å². The van der Waals surface area contributed by atoms with Gasteiger partial charge in [0.15, 0.2) is 5.13 Å². The first kappa shape index (κ1) is 20.3. The number of thiazole rings is 1. The minimum absolute atomic E-state index is 0.153. The second kappa shape index (κ2) is 8.39. The number of hydrazine groups is 1. The highest BCUT2D eigenvalue weighted by Gasteiger charge is 2.42. The summed E-state index contributed by atoms with van der Waals surface area (Å²) in [6.07, 6.45) is 5.99. The Morgan fingerprint density at radius 3 is 2.83 bits per heavy atom. The Hall–Kier alpha value is -3.00. The lowest BCUT2D eigenvalue weighted by Gasteiger charge is -2.38. The molecule has 0 bridgehead atoms. The molecule has 7 nitrogen and oxygen atoms in total. The molecular weight excluding hydrogens is 400 g/mol.